The average Bonchev–Trinajstić information content (AvgIpc) is 3.32. The van der Waals surface area contributed by atoms with Gasteiger partial charge in [0, 0.05) is 15.8 Å². The smallest absolute Gasteiger partial charge is 0.273 e. The van der Waals surface area contributed by atoms with Gasteiger partial charge < -0.3 is 0 Å². The minimum atomic E-state index is -0.310. The van der Waals surface area contributed by atoms with Crippen LogP contribution in [0.3, 0.4) is 0 Å². The van der Waals surface area contributed by atoms with Gasteiger partial charge in [-0.2, -0.15) is 0 Å². The maximum atomic E-state index is 12.6. The highest BCUT2D eigenvalue weighted by Gasteiger charge is 2.12. The van der Waals surface area contributed by atoms with Crippen molar-refractivity contribution in [3.63, 3.8) is 0 Å². The summed E-state index contributed by atoms with van der Waals surface area (Å²) >= 11 is 2.99. The molecule has 0 aliphatic carbocycles. The third-order valence-corrected chi connectivity index (χ3v) is 6.42. The van der Waals surface area contributed by atoms with Crippen molar-refractivity contribution in [1.29, 1.82) is 0 Å². The van der Waals surface area contributed by atoms with Crippen LogP contribution in [0.1, 0.15) is 23.1 Å². The van der Waals surface area contributed by atoms with Gasteiger partial charge in [0.2, 0.25) is 5.91 Å². The van der Waals surface area contributed by atoms with Gasteiger partial charge in [0.15, 0.2) is 0 Å². The summed E-state index contributed by atoms with van der Waals surface area (Å²) in [6, 6.07) is 9.94. The summed E-state index contributed by atoms with van der Waals surface area (Å²) in [6.45, 7) is 4.07. The number of nitrogens with zero attached hydrogens (tertiary/aromatic N) is 3. The van der Waals surface area contributed by atoms with E-state index in [4.69, 9.17) is 0 Å². The van der Waals surface area contributed by atoms with E-state index in [1.165, 1.54) is 34.6 Å². The van der Waals surface area contributed by atoms with E-state index in [-0.39, 0.29) is 17.9 Å². The highest BCUT2D eigenvalue weighted by Crippen LogP contribution is 2.24. The average molecular weight is 411 g/mol. The summed E-state index contributed by atoms with van der Waals surface area (Å²) in [7, 11) is 0. The van der Waals surface area contributed by atoms with Crippen molar-refractivity contribution < 1.29 is 4.79 Å². The Morgan fingerprint density at radius 2 is 2.04 bits per heavy atom. The SMILES string of the molecule is CCc1cc2c(=O)n(NC(=O)Cc3csc(-c4ccc(C)cc4)n3)cnc2s1. The number of rotatable bonds is 5. The summed E-state index contributed by atoms with van der Waals surface area (Å²) in [5.74, 6) is -0.310. The molecule has 1 aromatic carbocycles. The number of hydrogen-bond donors (Lipinski definition) is 1. The number of hydrogen-bond acceptors (Lipinski definition) is 6. The van der Waals surface area contributed by atoms with Crippen molar-refractivity contribution in [3.8, 4) is 10.6 Å². The third-order valence-electron chi connectivity index (χ3n) is 4.29. The normalized spacial score (nSPS) is 11.1. The maximum Gasteiger partial charge on any atom is 0.280 e. The molecule has 28 heavy (non-hydrogen) atoms. The van der Waals surface area contributed by atoms with Crippen LogP contribution in [0.2, 0.25) is 0 Å². The van der Waals surface area contributed by atoms with Crippen molar-refractivity contribution in [2.75, 3.05) is 5.43 Å². The van der Waals surface area contributed by atoms with Crippen molar-refractivity contribution in [2.45, 2.75) is 26.7 Å². The van der Waals surface area contributed by atoms with E-state index in [0.29, 0.717) is 15.9 Å². The van der Waals surface area contributed by atoms with Crippen LogP contribution in [0.5, 0.6) is 0 Å². The first-order valence-electron chi connectivity index (χ1n) is 8.85. The Balaban J connectivity index is 1.49. The fourth-order valence-corrected chi connectivity index (χ4v) is 4.53. The van der Waals surface area contributed by atoms with Crippen LogP contribution in [-0.2, 0) is 17.6 Å². The monoisotopic (exact) mass is 410 g/mol. The summed E-state index contributed by atoms with van der Waals surface area (Å²) in [6.07, 6.45) is 2.30. The van der Waals surface area contributed by atoms with Crippen molar-refractivity contribution >= 4 is 38.8 Å². The van der Waals surface area contributed by atoms with Gasteiger partial charge in [0.25, 0.3) is 5.56 Å². The zero-order chi connectivity index (χ0) is 19.7. The molecule has 0 saturated carbocycles. The lowest BCUT2D eigenvalue weighted by atomic mass is 10.2. The highest BCUT2D eigenvalue weighted by molar-refractivity contribution is 7.18. The van der Waals surface area contributed by atoms with Gasteiger partial charge in [-0.15, -0.1) is 22.7 Å². The fourth-order valence-electron chi connectivity index (χ4n) is 2.78. The molecule has 0 aliphatic rings. The van der Waals surface area contributed by atoms with E-state index >= 15 is 0 Å². The van der Waals surface area contributed by atoms with Crippen molar-refractivity contribution in [3.05, 3.63) is 68.5 Å². The number of carbonyl (C=O) groups excluding carboxylic acids is 1. The molecule has 0 bridgehead atoms. The Morgan fingerprint density at radius 1 is 1.25 bits per heavy atom. The number of aryl methyl sites for hydroxylation is 2. The molecule has 0 fully saturated rings. The number of thiazole rings is 1. The summed E-state index contributed by atoms with van der Waals surface area (Å²) < 4.78 is 1.14. The number of amides is 1. The first kappa shape index (κ1) is 18.5. The molecule has 3 aromatic heterocycles. The van der Waals surface area contributed by atoms with Gasteiger partial charge in [-0.05, 0) is 19.4 Å². The number of nitrogens with one attached hydrogen (secondary N) is 1. The Morgan fingerprint density at radius 3 is 2.79 bits per heavy atom. The summed E-state index contributed by atoms with van der Waals surface area (Å²) in [5, 5.41) is 3.26. The molecule has 0 radical (unpaired) electrons. The van der Waals surface area contributed by atoms with Gasteiger partial charge in [-0.3, -0.25) is 15.0 Å². The number of aromatic nitrogens is 3. The summed E-state index contributed by atoms with van der Waals surface area (Å²) in [4.78, 5) is 35.5. The van der Waals surface area contributed by atoms with Crippen LogP contribution >= 0.6 is 22.7 Å². The molecule has 0 aliphatic heterocycles. The van der Waals surface area contributed by atoms with Crippen molar-refractivity contribution in [1.82, 2.24) is 14.6 Å². The predicted octanol–water partition coefficient (Wildman–Crippen LogP) is 3.77. The molecule has 0 atom stereocenters. The van der Waals surface area contributed by atoms with E-state index in [2.05, 4.69) is 15.4 Å². The lowest BCUT2D eigenvalue weighted by molar-refractivity contribution is -0.116. The van der Waals surface area contributed by atoms with E-state index in [1.807, 2.05) is 49.6 Å². The third kappa shape index (κ3) is 3.74. The first-order valence-corrected chi connectivity index (χ1v) is 10.5. The fraction of sp³-hybridized carbons (Fsp3) is 0.200. The maximum absolute atomic E-state index is 12.6. The standard InChI is InChI=1S/C20H18N4O2S2/c1-3-15-9-16-19(28-15)21-11-24(20(16)26)23-17(25)8-14-10-27-18(22-14)13-6-4-12(2)5-7-13/h4-7,9-11H,3,8H2,1-2H3,(H,23,25). The molecule has 3 heterocycles. The second kappa shape index (κ2) is 7.65. The molecule has 0 spiro atoms. The second-order valence-electron chi connectivity index (χ2n) is 6.43. The minimum Gasteiger partial charge on any atom is -0.273 e. The molecular weight excluding hydrogens is 392 g/mol. The summed E-state index contributed by atoms with van der Waals surface area (Å²) in [5.41, 5.74) is 5.22. The van der Waals surface area contributed by atoms with Crippen LogP contribution in [0.25, 0.3) is 20.8 Å². The van der Waals surface area contributed by atoms with Crippen molar-refractivity contribution in [2.24, 2.45) is 0 Å². The Bertz CT molecular complexity index is 1210. The van der Waals surface area contributed by atoms with Gasteiger partial charge in [-0.1, -0.05) is 36.8 Å². The molecule has 0 unspecified atom stereocenters. The molecule has 6 nitrogen and oxygen atoms in total. The van der Waals surface area contributed by atoms with Crippen LogP contribution < -0.4 is 11.0 Å². The lowest BCUT2D eigenvalue weighted by Crippen LogP contribution is -2.33. The van der Waals surface area contributed by atoms with Crippen LogP contribution in [0.15, 0.2) is 46.8 Å². The highest BCUT2D eigenvalue weighted by atomic mass is 32.1. The van der Waals surface area contributed by atoms with Gasteiger partial charge in [0.1, 0.15) is 16.2 Å². The molecule has 4 rings (SSSR count). The van der Waals surface area contributed by atoms with Crippen LogP contribution in [0.4, 0.5) is 0 Å². The number of benzene rings is 1. The van der Waals surface area contributed by atoms with Gasteiger partial charge >= 0.3 is 0 Å². The molecular formula is C20H18N4O2S2. The van der Waals surface area contributed by atoms with E-state index in [1.54, 1.807) is 0 Å². The first-order chi connectivity index (χ1) is 13.5. The molecule has 1 N–H and O–H groups in total. The van der Waals surface area contributed by atoms with E-state index in [9.17, 15) is 9.59 Å². The Kier molecular flexibility index (Phi) is 5.06. The minimum absolute atomic E-state index is 0.0939. The molecule has 8 heteroatoms. The lowest BCUT2D eigenvalue weighted by Gasteiger charge is -2.06. The number of carbonyl (C=O) groups is 1. The Labute approximate surface area is 169 Å². The van der Waals surface area contributed by atoms with Crippen LogP contribution in [0, 0.1) is 6.92 Å². The molecule has 1 amide bonds. The number of thiophene rings is 1. The second-order valence-corrected chi connectivity index (χ2v) is 8.40. The zero-order valence-corrected chi connectivity index (χ0v) is 17.1. The molecule has 0 saturated heterocycles. The van der Waals surface area contributed by atoms with Gasteiger partial charge in [0.05, 0.1) is 17.5 Å². The predicted molar refractivity (Wildman–Crippen MR) is 114 cm³/mol. The topological polar surface area (TPSA) is 76.9 Å². The van der Waals surface area contributed by atoms with Crippen LogP contribution in [-0.4, -0.2) is 20.6 Å². The van der Waals surface area contributed by atoms with E-state index < -0.39 is 0 Å². The largest absolute Gasteiger partial charge is 0.280 e. The van der Waals surface area contributed by atoms with Gasteiger partial charge in [-0.25, -0.2) is 14.6 Å². The zero-order valence-electron chi connectivity index (χ0n) is 15.4. The number of fused-ring (bicyclic) bond motifs is 1. The Hall–Kier alpha value is -2.84. The van der Waals surface area contributed by atoms with E-state index in [0.717, 1.165) is 26.5 Å². The molecule has 4 aromatic rings. The quantitative estimate of drug-likeness (QED) is 0.543. The molecule has 142 valence electrons.